The van der Waals surface area contributed by atoms with Gasteiger partial charge in [0.1, 0.15) is 17.5 Å². The Morgan fingerprint density at radius 1 is 1.46 bits per heavy atom. The van der Waals surface area contributed by atoms with E-state index in [1.807, 2.05) is 0 Å². The molecule has 28 heavy (non-hydrogen) atoms. The summed E-state index contributed by atoms with van der Waals surface area (Å²) in [5, 5.41) is 17.8. The normalized spacial score (nSPS) is 23.1. The average Bonchev–Trinajstić information content (AvgIpc) is 2.90. The lowest BCUT2D eigenvalue weighted by molar-refractivity contribution is 0.0525. The number of aliphatic hydroxyl groups is 1. The van der Waals surface area contributed by atoms with E-state index in [0.717, 1.165) is 10.6 Å². The highest BCUT2D eigenvalue weighted by atomic mass is 35.5. The van der Waals surface area contributed by atoms with Gasteiger partial charge in [0.25, 0.3) is 0 Å². The molecular formula is C16H24ClFN6O3S. The van der Waals surface area contributed by atoms with Crippen LogP contribution < -0.4 is 5.32 Å². The minimum Gasteiger partial charge on any atom is -0.390 e. The van der Waals surface area contributed by atoms with Gasteiger partial charge in [-0.05, 0) is 20.3 Å². The van der Waals surface area contributed by atoms with E-state index in [4.69, 9.17) is 11.6 Å². The van der Waals surface area contributed by atoms with E-state index in [1.165, 1.54) is 10.7 Å². The van der Waals surface area contributed by atoms with E-state index in [-0.39, 0.29) is 36.5 Å². The van der Waals surface area contributed by atoms with Gasteiger partial charge in [0.05, 0.1) is 24.1 Å². The molecule has 1 fully saturated rings. The predicted octanol–water partition coefficient (Wildman–Crippen LogP) is 1.44. The summed E-state index contributed by atoms with van der Waals surface area (Å²) in [7, 11) is -3.43. The first-order chi connectivity index (χ1) is 12.9. The zero-order valence-electron chi connectivity index (χ0n) is 16.1. The third-order valence-electron chi connectivity index (χ3n) is 5.11. The third-order valence-corrected chi connectivity index (χ3v) is 6.66. The molecule has 1 aliphatic rings. The van der Waals surface area contributed by atoms with Crippen molar-refractivity contribution >= 4 is 33.1 Å². The maximum Gasteiger partial charge on any atom is 0.241 e. The van der Waals surface area contributed by atoms with Crippen LogP contribution in [0.3, 0.4) is 0 Å². The lowest BCUT2D eigenvalue weighted by Crippen LogP contribution is -2.49. The quantitative estimate of drug-likeness (QED) is 0.731. The van der Waals surface area contributed by atoms with E-state index in [0.29, 0.717) is 11.3 Å². The SMILES string of the molecule is CC(c1nc(Cl)c2cnc(N[C@@H]3CCN(S(C)(=O)=O)C[C@H]3F)nn12)C(C)(C)O. The van der Waals surface area contributed by atoms with E-state index in [9.17, 15) is 17.9 Å². The summed E-state index contributed by atoms with van der Waals surface area (Å²) in [5.41, 5.74) is -0.576. The molecule has 2 aromatic heterocycles. The molecule has 1 saturated heterocycles. The van der Waals surface area contributed by atoms with Crippen LogP contribution in [0.2, 0.25) is 5.15 Å². The Morgan fingerprint density at radius 3 is 2.71 bits per heavy atom. The molecule has 12 heteroatoms. The fraction of sp³-hybridized carbons (Fsp3) is 0.688. The standard InChI is InChI=1S/C16H24ClFN6O3S/c1-9(16(2,3)25)14-21-13(17)12-7-19-15(22-24(12)14)20-11-5-6-23(8-10(11)18)28(4,26)27/h7,9-11,25H,5-6,8H2,1-4H3,(H,20,22)/t9?,10-,11-/m1/s1. The summed E-state index contributed by atoms with van der Waals surface area (Å²) in [6.45, 7) is 5.14. The second-order valence-corrected chi connectivity index (χ2v) is 10.0. The van der Waals surface area contributed by atoms with Crippen LogP contribution in [0.1, 0.15) is 38.9 Å². The number of sulfonamides is 1. The molecule has 0 bridgehead atoms. The summed E-state index contributed by atoms with van der Waals surface area (Å²) in [6, 6.07) is -0.621. The van der Waals surface area contributed by atoms with Crippen molar-refractivity contribution in [3.05, 3.63) is 17.2 Å². The molecule has 9 nitrogen and oxygen atoms in total. The number of nitrogens with zero attached hydrogens (tertiary/aromatic N) is 5. The highest BCUT2D eigenvalue weighted by molar-refractivity contribution is 7.88. The summed E-state index contributed by atoms with van der Waals surface area (Å²) < 4.78 is 40.3. The molecule has 2 aromatic rings. The molecule has 0 amide bonds. The molecule has 0 saturated carbocycles. The Kier molecular flexibility index (Phi) is 5.56. The predicted molar refractivity (Wildman–Crippen MR) is 104 cm³/mol. The Bertz CT molecular complexity index is 977. The number of nitrogens with one attached hydrogen (secondary N) is 1. The van der Waals surface area contributed by atoms with Crippen molar-refractivity contribution in [3.8, 4) is 0 Å². The monoisotopic (exact) mass is 434 g/mol. The number of fused-ring (bicyclic) bond motifs is 1. The topological polar surface area (TPSA) is 113 Å². The Morgan fingerprint density at radius 2 is 2.14 bits per heavy atom. The van der Waals surface area contributed by atoms with Crippen LogP contribution in [-0.4, -0.2) is 74.6 Å². The van der Waals surface area contributed by atoms with Gasteiger partial charge in [-0.25, -0.2) is 27.3 Å². The maximum absolute atomic E-state index is 14.5. The lowest BCUT2D eigenvalue weighted by Gasteiger charge is -2.33. The van der Waals surface area contributed by atoms with E-state index in [1.54, 1.807) is 20.8 Å². The molecule has 3 atom stereocenters. The van der Waals surface area contributed by atoms with Gasteiger partial charge in [0.2, 0.25) is 16.0 Å². The number of hydrogen-bond donors (Lipinski definition) is 2. The number of piperidine rings is 1. The summed E-state index contributed by atoms with van der Waals surface area (Å²) in [6.07, 6.45) is 1.43. The molecule has 1 unspecified atom stereocenters. The zero-order chi connectivity index (χ0) is 20.9. The Hall–Kier alpha value is -1.56. The molecule has 3 heterocycles. The van der Waals surface area contributed by atoms with Gasteiger partial charge < -0.3 is 10.4 Å². The molecule has 0 aliphatic carbocycles. The number of halogens is 2. The molecule has 0 radical (unpaired) electrons. The number of aromatic nitrogens is 4. The minimum absolute atomic E-state index is 0.172. The molecular weight excluding hydrogens is 411 g/mol. The highest BCUT2D eigenvalue weighted by Crippen LogP contribution is 2.30. The van der Waals surface area contributed by atoms with E-state index in [2.05, 4.69) is 20.4 Å². The van der Waals surface area contributed by atoms with Crippen molar-refractivity contribution < 1.29 is 17.9 Å². The number of hydrogen-bond acceptors (Lipinski definition) is 7. The van der Waals surface area contributed by atoms with Crippen molar-refractivity contribution in [2.45, 2.75) is 50.9 Å². The molecule has 156 valence electrons. The maximum atomic E-state index is 14.5. The van der Waals surface area contributed by atoms with E-state index >= 15 is 0 Å². The molecule has 0 spiro atoms. The van der Waals surface area contributed by atoms with Gasteiger partial charge in [0.15, 0.2) is 5.15 Å². The lowest BCUT2D eigenvalue weighted by atomic mass is 9.92. The number of imidazole rings is 1. The van der Waals surface area contributed by atoms with Crippen LogP contribution in [0.15, 0.2) is 6.20 Å². The fourth-order valence-corrected chi connectivity index (χ4v) is 4.11. The van der Waals surface area contributed by atoms with Crippen LogP contribution in [0, 0.1) is 0 Å². The zero-order valence-corrected chi connectivity index (χ0v) is 17.7. The van der Waals surface area contributed by atoms with Crippen LogP contribution in [0.5, 0.6) is 0 Å². The first-order valence-electron chi connectivity index (χ1n) is 8.87. The molecule has 1 aliphatic heterocycles. The van der Waals surface area contributed by atoms with Gasteiger partial charge in [-0.2, -0.15) is 4.31 Å². The van der Waals surface area contributed by atoms with Gasteiger partial charge in [-0.3, -0.25) is 0 Å². The molecule has 3 rings (SSSR count). The van der Waals surface area contributed by atoms with Crippen molar-refractivity contribution in [3.63, 3.8) is 0 Å². The van der Waals surface area contributed by atoms with Crippen LogP contribution in [0.4, 0.5) is 10.3 Å². The summed E-state index contributed by atoms with van der Waals surface area (Å²) in [5.74, 6) is 0.259. The molecule has 2 N–H and O–H groups in total. The summed E-state index contributed by atoms with van der Waals surface area (Å²) in [4.78, 5) is 8.46. The van der Waals surface area contributed by atoms with Crippen molar-refractivity contribution in [2.75, 3.05) is 24.7 Å². The average molecular weight is 435 g/mol. The van der Waals surface area contributed by atoms with Crippen molar-refractivity contribution in [1.29, 1.82) is 0 Å². The van der Waals surface area contributed by atoms with Gasteiger partial charge in [-0.1, -0.05) is 18.5 Å². The number of anilines is 1. The van der Waals surface area contributed by atoms with Crippen molar-refractivity contribution in [1.82, 2.24) is 23.9 Å². The smallest absolute Gasteiger partial charge is 0.241 e. The van der Waals surface area contributed by atoms with Gasteiger partial charge in [-0.15, -0.1) is 5.10 Å². The van der Waals surface area contributed by atoms with Gasteiger partial charge in [0, 0.05) is 19.0 Å². The number of alkyl halides is 1. The minimum atomic E-state index is -3.43. The highest BCUT2D eigenvalue weighted by Gasteiger charge is 2.34. The number of rotatable bonds is 5. The second-order valence-electron chi connectivity index (χ2n) is 7.69. The first-order valence-corrected chi connectivity index (χ1v) is 11.1. The Labute approximate surface area is 168 Å². The third kappa shape index (κ3) is 4.22. The van der Waals surface area contributed by atoms with Gasteiger partial charge >= 0.3 is 0 Å². The van der Waals surface area contributed by atoms with Crippen LogP contribution in [-0.2, 0) is 10.0 Å². The molecule has 0 aromatic carbocycles. The second kappa shape index (κ2) is 7.36. The summed E-state index contributed by atoms with van der Waals surface area (Å²) >= 11 is 6.16. The fourth-order valence-electron chi connectivity index (χ4n) is 3.04. The largest absolute Gasteiger partial charge is 0.390 e. The van der Waals surface area contributed by atoms with Crippen molar-refractivity contribution in [2.24, 2.45) is 0 Å². The first kappa shape index (κ1) is 21.2. The Balaban J connectivity index is 1.85. The van der Waals surface area contributed by atoms with Crippen LogP contribution >= 0.6 is 11.6 Å². The van der Waals surface area contributed by atoms with E-state index < -0.39 is 27.8 Å². The van der Waals surface area contributed by atoms with Crippen LogP contribution in [0.25, 0.3) is 5.52 Å².